The first-order chi connectivity index (χ1) is 17.7. The summed E-state index contributed by atoms with van der Waals surface area (Å²) < 4.78 is 89.7. The van der Waals surface area contributed by atoms with Gasteiger partial charge in [0, 0.05) is 17.8 Å². The number of hydrogen-bond donors (Lipinski definition) is 1. The molecule has 38 heavy (non-hydrogen) atoms. The lowest BCUT2D eigenvalue weighted by Crippen LogP contribution is -2.55. The molecule has 1 aromatic carbocycles. The van der Waals surface area contributed by atoms with Crippen LogP contribution in [0.4, 0.5) is 17.6 Å². The molecule has 4 aliphatic carbocycles. The lowest BCUT2D eigenvalue weighted by Gasteiger charge is -2.59. The summed E-state index contributed by atoms with van der Waals surface area (Å²) in [6, 6.07) is 6.13. The Kier molecular flexibility index (Phi) is 6.74. The predicted octanol–water partition coefficient (Wildman–Crippen LogP) is 7.08. The molecule has 0 heterocycles. The lowest BCUT2D eigenvalue weighted by molar-refractivity contribution is -0.217. The van der Waals surface area contributed by atoms with Crippen molar-refractivity contribution in [2.45, 2.75) is 71.4 Å². The van der Waals surface area contributed by atoms with Gasteiger partial charge in [-0.05, 0) is 97.5 Å². The minimum Gasteiger partial charge on any atom is -0.299 e. The summed E-state index contributed by atoms with van der Waals surface area (Å²) >= 11 is 0. The van der Waals surface area contributed by atoms with Gasteiger partial charge in [-0.2, -0.15) is 21.6 Å². The van der Waals surface area contributed by atoms with E-state index in [-0.39, 0.29) is 40.7 Å². The normalized spacial score (nSPS) is 37.0. The van der Waals surface area contributed by atoms with Crippen LogP contribution >= 0.6 is 0 Å². The first kappa shape index (κ1) is 27.6. The summed E-state index contributed by atoms with van der Waals surface area (Å²) in [5.74, 6) is -2.42. The summed E-state index contributed by atoms with van der Waals surface area (Å²) in [5, 5.41) is 0. The Morgan fingerprint density at radius 2 is 1.76 bits per heavy atom. The number of allylic oxidation sites excluding steroid dienone is 4. The molecule has 4 nitrogen and oxygen atoms in total. The van der Waals surface area contributed by atoms with E-state index in [2.05, 4.69) is 6.92 Å². The van der Waals surface area contributed by atoms with Crippen LogP contribution in [-0.2, 0) is 21.3 Å². The number of carbonyl (C=O) groups is 1. The molecule has 0 saturated heterocycles. The highest BCUT2D eigenvalue weighted by Gasteiger charge is 2.64. The standard InChI is InChI=1S/C29H34F4O4S/c1-27-14-13-23-21(22(27)10-11-24(27)25(34)12-5-17-3-7-19(30)8-4-17)9-6-18-15-20(38(35,36)37)16-26(28(18,23)2)29(31,32)33/h3-4,6-8,15,21-24,26H,5,9-14,16H2,1-2H3,(H,35,36,37)/t21-,22-,23-,24+,26?,27-,28-/m0/s1. The van der Waals surface area contributed by atoms with Crippen LogP contribution in [0.3, 0.4) is 0 Å². The van der Waals surface area contributed by atoms with Gasteiger partial charge in [0.25, 0.3) is 10.1 Å². The maximum atomic E-state index is 14.4. The minimum atomic E-state index is -4.73. The molecule has 7 atom stereocenters. The van der Waals surface area contributed by atoms with Crippen LogP contribution in [0.15, 0.2) is 46.9 Å². The number of rotatable bonds is 5. The topological polar surface area (TPSA) is 71.4 Å². The fourth-order valence-corrected chi connectivity index (χ4v) is 9.29. The third-order valence-corrected chi connectivity index (χ3v) is 11.5. The first-order valence-corrected chi connectivity index (χ1v) is 14.8. The van der Waals surface area contributed by atoms with E-state index in [0.717, 1.165) is 18.4 Å². The predicted molar refractivity (Wildman–Crippen MR) is 135 cm³/mol. The monoisotopic (exact) mass is 554 g/mol. The number of carbonyl (C=O) groups excluding carboxylic acids is 1. The molecule has 9 heteroatoms. The Hall–Kier alpha value is -2.00. The van der Waals surface area contributed by atoms with Crippen LogP contribution in [0.2, 0.25) is 0 Å². The molecule has 0 radical (unpaired) electrons. The zero-order valence-corrected chi connectivity index (χ0v) is 22.4. The second-order valence-corrected chi connectivity index (χ2v) is 13.7. The van der Waals surface area contributed by atoms with E-state index in [1.807, 2.05) is 0 Å². The van der Waals surface area contributed by atoms with Crippen molar-refractivity contribution in [2.24, 2.45) is 40.4 Å². The highest BCUT2D eigenvalue weighted by atomic mass is 32.2. The maximum Gasteiger partial charge on any atom is 0.393 e. The van der Waals surface area contributed by atoms with Crippen LogP contribution < -0.4 is 0 Å². The zero-order chi connectivity index (χ0) is 27.7. The maximum absolute atomic E-state index is 14.4. The number of hydrogen-bond acceptors (Lipinski definition) is 3. The van der Waals surface area contributed by atoms with Gasteiger partial charge in [-0.15, -0.1) is 0 Å². The van der Waals surface area contributed by atoms with E-state index >= 15 is 0 Å². The molecule has 1 unspecified atom stereocenters. The average molecular weight is 555 g/mol. The molecule has 0 spiro atoms. The smallest absolute Gasteiger partial charge is 0.299 e. The van der Waals surface area contributed by atoms with Gasteiger partial charge in [0.15, 0.2) is 0 Å². The van der Waals surface area contributed by atoms with Gasteiger partial charge < -0.3 is 0 Å². The van der Waals surface area contributed by atoms with Gasteiger partial charge in [0.2, 0.25) is 0 Å². The van der Waals surface area contributed by atoms with Crippen LogP contribution in [0.1, 0.15) is 64.4 Å². The van der Waals surface area contributed by atoms with E-state index in [9.17, 15) is 35.3 Å². The molecule has 2 fully saturated rings. The zero-order valence-electron chi connectivity index (χ0n) is 21.6. The van der Waals surface area contributed by atoms with E-state index in [1.54, 1.807) is 25.1 Å². The lowest BCUT2D eigenvalue weighted by atomic mass is 9.46. The molecule has 0 bridgehead atoms. The second-order valence-electron chi connectivity index (χ2n) is 12.2. The van der Waals surface area contributed by atoms with E-state index in [0.29, 0.717) is 37.7 Å². The van der Waals surface area contributed by atoms with Gasteiger partial charge in [-0.3, -0.25) is 9.35 Å². The number of benzene rings is 1. The molecule has 1 aromatic rings. The van der Waals surface area contributed by atoms with Gasteiger partial charge in [0.1, 0.15) is 11.6 Å². The number of fused-ring (bicyclic) bond motifs is 5. The van der Waals surface area contributed by atoms with Crippen molar-refractivity contribution < 1.29 is 35.3 Å². The van der Waals surface area contributed by atoms with E-state index in [1.165, 1.54) is 18.2 Å². The molecule has 2 saturated carbocycles. The molecule has 0 aliphatic heterocycles. The van der Waals surface area contributed by atoms with Crippen molar-refractivity contribution >= 4 is 15.9 Å². The number of Topliss-reactive ketones (excluding diaryl/α,β-unsaturated/α-hetero) is 1. The number of aryl methyl sites for hydroxylation is 1. The first-order valence-electron chi connectivity index (χ1n) is 13.4. The third-order valence-electron chi connectivity index (χ3n) is 10.6. The van der Waals surface area contributed by atoms with Crippen molar-refractivity contribution in [2.75, 3.05) is 0 Å². The molecule has 0 aromatic heterocycles. The fraction of sp³-hybridized carbons (Fsp3) is 0.621. The third kappa shape index (κ3) is 4.47. The van der Waals surface area contributed by atoms with Crippen molar-refractivity contribution in [3.8, 4) is 0 Å². The number of alkyl halides is 3. The highest BCUT2D eigenvalue weighted by molar-refractivity contribution is 7.89. The highest BCUT2D eigenvalue weighted by Crippen LogP contribution is 2.68. The summed E-state index contributed by atoms with van der Waals surface area (Å²) in [6.45, 7) is 3.75. The Labute approximate surface area is 221 Å². The molecule has 5 rings (SSSR count). The summed E-state index contributed by atoms with van der Waals surface area (Å²) in [6.07, 6.45) is 1.73. The summed E-state index contributed by atoms with van der Waals surface area (Å²) in [7, 11) is -4.73. The molecule has 1 N–H and O–H groups in total. The molecule has 4 aliphatic rings. The van der Waals surface area contributed by atoms with Crippen molar-refractivity contribution in [1.82, 2.24) is 0 Å². The average Bonchev–Trinajstić information content (AvgIpc) is 3.18. The number of halogens is 4. The Morgan fingerprint density at radius 3 is 2.39 bits per heavy atom. The Morgan fingerprint density at radius 1 is 1.08 bits per heavy atom. The molecule has 0 amide bonds. The van der Waals surface area contributed by atoms with Crippen molar-refractivity contribution in [1.29, 1.82) is 0 Å². The fourth-order valence-electron chi connectivity index (χ4n) is 8.63. The van der Waals surface area contributed by atoms with Crippen LogP contribution in [-0.4, -0.2) is 24.9 Å². The summed E-state index contributed by atoms with van der Waals surface area (Å²) in [5.41, 5.74) is -0.329. The van der Waals surface area contributed by atoms with Crippen molar-refractivity contribution in [3.05, 3.63) is 58.3 Å². The molecular weight excluding hydrogens is 520 g/mol. The van der Waals surface area contributed by atoms with E-state index in [4.69, 9.17) is 0 Å². The van der Waals surface area contributed by atoms with Crippen LogP contribution in [0.5, 0.6) is 0 Å². The number of ketones is 1. The van der Waals surface area contributed by atoms with Gasteiger partial charge >= 0.3 is 6.18 Å². The van der Waals surface area contributed by atoms with E-state index < -0.39 is 39.0 Å². The SMILES string of the molecule is C[C@]12CC[C@H]3[C@@H](CC=C4C=C(S(=O)(=O)O)CC(C(F)(F)F)[C@@]43C)[C@@H]1CC[C@@H]2C(=O)CCc1ccc(F)cc1. The second kappa shape index (κ2) is 9.29. The van der Waals surface area contributed by atoms with Crippen LogP contribution in [0, 0.1) is 46.2 Å². The largest absolute Gasteiger partial charge is 0.393 e. The Balaban J connectivity index is 1.41. The van der Waals surface area contributed by atoms with Gasteiger partial charge in [0.05, 0.1) is 10.8 Å². The van der Waals surface area contributed by atoms with Crippen molar-refractivity contribution in [3.63, 3.8) is 0 Å². The van der Waals surface area contributed by atoms with Gasteiger partial charge in [-0.25, -0.2) is 4.39 Å². The quantitative estimate of drug-likeness (QED) is 0.312. The van der Waals surface area contributed by atoms with Gasteiger partial charge in [-0.1, -0.05) is 32.1 Å². The molecular formula is C29H34F4O4S. The van der Waals surface area contributed by atoms with Crippen LogP contribution in [0.25, 0.3) is 0 Å². The minimum absolute atomic E-state index is 0.0251. The Bertz CT molecular complexity index is 1280. The molecule has 208 valence electrons. The summed E-state index contributed by atoms with van der Waals surface area (Å²) in [4.78, 5) is 12.8.